The number of carbonyl (C=O) groups excluding carboxylic acids is 1. The Balaban J connectivity index is 2.87. The van der Waals surface area contributed by atoms with Gasteiger partial charge in [0, 0.05) is 5.92 Å². The SMILES string of the molecule is CC(C)(O)/C=C1/C=CCC[C@@H]1C=O. The second-order valence-electron chi connectivity index (χ2n) is 4.02. The van der Waals surface area contributed by atoms with Crippen molar-refractivity contribution >= 4 is 6.29 Å². The fraction of sp³-hybridized carbons (Fsp3) is 0.545. The number of allylic oxidation sites excluding steroid dienone is 3. The van der Waals surface area contributed by atoms with Crippen LogP contribution in [0.25, 0.3) is 0 Å². The van der Waals surface area contributed by atoms with Crippen molar-refractivity contribution in [3.8, 4) is 0 Å². The second-order valence-corrected chi connectivity index (χ2v) is 4.02. The highest BCUT2D eigenvalue weighted by Gasteiger charge is 2.17. The Labute approximate surface area is 79.0 Å². The zero-order valence-electron chi connectivity index (χ0n) is 8.16. The quantitative estimate of drug-likeness (QED) is 0.658. The van der Waals surface area contributed by atoms with Crippen LogP contribution in [0.15, 0.2) is 23.8 Å². The Morgan fingerprint density at radius 3 is 2.85 bits per heavy atom. The summed E-state index contributed by atoms with van der Waals surface area (Å²) in [5, 5.41) is 9.56. The predicted octanol–water partition coefficient (Wildman–Crippen LogP) is 1.85. The molecule has 0 saturated carbocycles. The molecule has 2 nitrogen and oxygen atoms in total. The molecule has 1 aliphatic rings. The molecule has 0 aliphatic heterocycles. The zero-order valence-corrected chi connectivity index (χ0v) is 8.16. The minimum absolute atomic E-state index is 0.0311. The lowest BCUT2D eigenvalue weighted by molar-refractivity contribution is -0.110. The van der Waals surface area contributed by atoms with Gasteiger partial charge in [-0.05, 0) is 38.3 Å². The lowest BCUT2D eigenvalue weighted by atomic mass is 9.88. The van der Waals surface area contributed by atoms with Crippen molar-refractivity contribution in [3.05, 3.63) is 23.8 Å². The molecule has 1 atom stereocenters. The first kappa shape index (κ1) is 10.2. The molecule has 0 heterocycles. The van der Waals surface area contributed by atoms with Crippen LogP contribution in [-0.2, 0) is 4.79 Å². The minimum atomic E-state index is -0.835. The van der Waals surface area contributed by atoms with Crippen molar-refractivity contribution in [3.63, 3.8) is 0 Å². The first-order chi connectivity index (χ1) is 6.03. The maximum Gasteiger partial charge on any atom is 0.127 e. The molecule has 0 radical (unpaired) electrons. The van der Waals surface area contributed by atoms with Crippen LogP contribution in [0.4, 0.5) is 0 Å². The molecular weight excluding hydrogens is 164 g/mol. The minimum Gasteiger partial charge on any atom is -0.386 e. The summed E-state index contributed by atoms with van der Waals surface area (Å²) in [5.41, 5.74) is 0.104. The molecule has 0 aromatic rings. The monoisotopic (exact) mass is 180 g/mol. The topological polar surface area (TPSA) is 37.3 Å². The highest BCUT2D eigenvalue weighted by Crippen LogP contribution is 2.24. The van der Waals surface area contributed by atoms with Crippen molar-refractivity contribution in [1.82, 2.24) is 0 Å². The van der Waals surface area contributed by atoms with Gasteiger partial charge < -0.3 is 9.90 Å². The molecule has 1 rings (SSSR count). The van der Waals surface area contributed by atoms with Gasteiger partial charge in [0.05, 0.1) is 5.60 Å². The summed E-state index contributed by atoms with van der Waals surface area (Å²) in [6, 6.07) is 0. The molecule has 0 spiro atoms. The van der Waals surface area contributed by atoms with Crippen LogP contribution in [0, 0.1) is 5.92 Å². The summed E-state index contributed by atoms with van der Waals surface area (Å²) in [6.07, 6.45) is 8.50. The van der Waals surface area contributed by atoms with Crippen LogP contribution in [0.2, 0.25) is 0 Å². The third kappa shape index (κ3) is 3.15. The van der Waals surface area contributed by atoms with Crippen molar-refractivity contribution in [2.45, 2.75) is 32.3 Å². The number of aliphatic hydroxyl groups is 1. The number of carbonyl (C=O) groups is 1. The molecule has 0 unspecified atom stereocenters. The third-order valence-electron chi connectivity index (χ3n) is 2.07. The summed E-state index contributed by atoms with van der Waals surface area (Å²) >= 11 is 0. The van der Waals surface area contributed by atoms with Crippen molar-refractivity contribution in [2.24, 2.45) is 5.92 Å². The van der Waals surface area contributed by atoms with Crippen molar-refractivity contribution in [2.75, 3.05) is 0 Å². The van der Waals surface area contributed by atoms with Crippen LogP contribution < -0.4 is 0 Å². The van der Waals surface area contributed by atoms with E-state index >= 15 is 0 Å². The van der Waals surface area contributed by atoms with E-state index in [1.807, 2.05) is 12.2 Å². The van der Waals surface area contributed by atoms with Crippen LogP contribution >= 0.6 is 0 Å². The normalized spacial score (nSPS) is 26.4. The van der Waals surface area contributed by atoms with Crippen LogP contribution in [0.5, 0.6) is 0 Å². The van der Waals surface area contributed by atoms with Gasteiger partial charge in [-0.25, -0.2) is 0 Å². The number of hydrogen-bond donors (Lipinski definition) is 1. The molecule has 2 heteroatoms. The fourth-order valence-corrected chi connectivity index (χ4v) is 1.50. The van der Waals surface area contributed by atoms with Gasteiger partial charge in [-0.1, -0.05) is 12.2 Å². The van der Waals surface area contributed by atoms with Crippen molar-refractivity contribution < 1.29 is 9.90 Å². The maximum absolute atomic E-state index is 10.7. The number of hydrogen-bond acceptors (Lipinski definition) is 2. The average Bonchev–Trinajstić information content (AvgIpc) is 2.02. The Kier molecular flexibility index (Phi) is 3.04. The van der Waals surface area contributed by atoms with E-state index in [9.17, 15) is 9.90 Å². The standard InChI is InChI=1S/C11H16O2/c1-11(2,13)7-9-5-3-4-6-10(9)8-12/h3,5,7-8,10,13H,4,6H2,1-2H3/b9-7-/t10-/m1/s1. The zero-order chi connectivity index (χ0) is 9.90. The molecule has 0 aromatic carbocycles. The highest BCUT2D eigenvalue weighted by atomic mass is 16.3. The largest absolute Gasteiger partial charge is 0.386 e. The molecular formula is C11H16O2. The summed E-state index contributed by atoms with van der Waals surface area (Å²) in [6.45, 7) is 3.43. The summed E-state index contributed by atoms with van der Waals surface area (Å²) in [4.78, 5) is 10.7. The van der Waals surface area contributed by atoms with Gasteiger partial charge in [-0.2, -0.15) is 0 Å². The molecule has 0 aromatic heterocycles. The van der Waals surface area contributed by atoms with Gasteiger partial charge >= 0.3 is 0 Å². The van der Waals surface area contributed by atoms with E-state index in [1.165, 1.54) is 0 Å². The molecule has 0 saturated heterocycles. The second kappa shape index (κ2) is 3.88. The van der Waals surface area contributed by atoms with Gasteiger partial charge in [0.2, 0.25) is 0 Å². The highest BCUT2D eigenvalue weighted by molar-refractivity contribution is 5.61. The van der Waals surface area contributed by atoms with Gasteiger partial charge in [0.25, 0.3) is 0 Å². The Morgan fingerprint density at radius 1 is 1.62 bits per heavy atom. The van der Waals surface area contributed by atoms with E-state index < -0.39 is 5.60 Å². The van der Waals surface area contributed by atoms with E-state index in [0.29, 0.717) is 0 Å². The van der Waals surface area contributed by atoms with E-state index in [4.69, 9.17) is 0 Å². The summed E-state index contributed by atoms with van der Waals surface area (Å²) < 4.78 is 0. The molecule has 1 aliphatic carbocycles. The number of aldehydes is 1. The first-order valence-electron chi connectivity index (χ1n) is 4.60. The number of rotatable bonds is 2. The Morgan fingerprint density at radius 2 is 2.31 bits per heavy atom. The summed E-state index contributed by atoms with van der Waals surface area (Å²) in [5.74, 6) is -0.0311. The van der Waals surface area contributed by atoms with E-state index in [-0.39, 0.29) is 5.92 Å². The maximum atomic E-state index is 10.7. The lowest BCUT2D eigenvalue weighted by Gasteiger charge is -2.19. The van der Waals surface area contributed by atoms with Gasteiger partial charge in [0.1, 0.15) is 6.29 Å². The van der Waals surface area contributed by atoms with Crippen LogP contribution in [-0.4, -0.2) is 17.0 Å². The Hall–Kier alpha value is -0.890. The van der Waals surface area contributed by atoms with E-state index in [0.717, 1.165) is 24.7 Å². The smallest absolute Gasteiger partial charge is 0.127 e. The molecule has 13 heavy (non-hydrogen) atoms. The van der Waals surface area contributed by atoms with E-state index in [2.05, 4.69) is 0 Å². The average molecular weight is 180 g/mol. The van der Waals surface area contributed by atoms with Crippen LogP contribution in [0.3, 0.4) is 0 Å². The van der Waals surface area contributed by atoms with E-state index in [1.54, 1.807) is 19.9 Å². The van der Waals surface area contributed by atoms with Gasteiger partial charge in [0.15, 0.2) is 0 Å². The summed E-state index contributed by atoms with van der Waals surface area (Å²) in [7, 11) is 0. The molecule has 0 bridgehead atoms. The lowest BCUT2D eigenvalue weighted by Crippen LogP contribution is -2.18. The molecule has 72 valence electrons. The molecule has 1 N–H and O–H groups in total. The van der Waals surface area contributed by atoms with Gasteiger partial charge in [-0.3, -0.25) is 0 Å². The Bertz CT molecular complexity index is 243. The van der Waals surface area contributed by atoms with Crippen LogP contribution in [0.1, 0.15) is 26.7 Å². The fourth-order valence-electron chi connectivity index (χ4n) is 1.50. The van der Waals surface area contributed by atoms with Crippen molar-refractivity contribution in [1.29, 1.82) is 0 Å². The third-order valence-corrected chi connectivity index (χ3v) is 2.07. The first-order valence-corrected chi connectivity index (χ1v) is 4.60. The molecule has 0 amide bonds. The van der Waals surface area contributed by atoms with Gasteiger partial charge in [-0.15, -0.1) is 0 Å². The molecule has 0 fully saturated rings. The predicted molar refractivity (Wildman–Crippen MR) is 52.3 cm³/mol.